The van der Waals surface area contributed by atoms with Gasteiger partial charge < -0.3 is 20.5 Å². The highest BCUT2D eigenvalue weighted by Crippen LogP contribution is 2.30. The standard InChI is InChI=1S/C13H17F3N2O3/c1-20-8-11(17)12(19)18-6-7-21-10-4-2-9(3-5-10)13(14,15)16/h2-5,11H,6-8,17H2,1H3,(H,18,19). The normalized spacial score (nSPS) is 12.8. The van der Waals surface area contributed by atoms with E-state index in [1.165, 1.54) is 19.2 Å². The Bertz CT molecular complexity index is 449. The third kappa shape index (κ3) is 6.01. The SMILES string of the molecule is COCC(N)C(=O)NCCOc1ccc(C(F)(F)F)cc1. The monoisotopic (exact) mass is 306 g/mol. The lowest BCUT2D eigenvalue weighted by Gasteiger charge is -2.12. The van der Waals surface area contributed by atoms with Gasteiger partial charge in [-0.2, -0.15) is 13.2 Å². The minimum Gasteiger partial charge on any atom is -0.492 e. The van der Waals surface area contributed by atoms with Gasteiger partial charge in [-0.05, 0) is 24.3 Å². The van der Waals surface area contributed by atoms with Gasteiger partial charge in [0.2, 0.25) is 5.91 Å². The Morgan fingerprint density at radius 3 is 2.48 bits per heavy atom. The van der Waals surface area contributed by atoms with Crippen molar-refractivity contribution >= 4 is 5.91 Å². The van der Waals surface area contributed by atoms with Crippen LogP contribution in [0.1, 0.15) is 5.56 Å². The first kappa shape index (κ1) is 17.3. The number of hydrogen-bond acceptors (Lipinski definition) is 4. The van der Waals surface area contributed by atoms with Crippen LogP contribution in [0.5, 0.6) is 5.75 Å². The number of amides is 1. The van der Waals surface area contributed by atoms with Crippen molar-refractivity contribution < 1.29 is 27.4 Å². The molecule has 0 aliphatic carbocycles. The summed E-state index contributed by atoms with van der Waals surface area (Å²) in [7, 11) is 1.43. The minimum absolute atomic E-state index is 0.103. The number of halogens is 3. The molecule has 1 rings (SSSR count). The number of nitrogens with one attached hydrogen (secondary N) is 1. The molecule has 0 radical (unpaired) electrons. The summed E-state index contributed by atoms with van der Waals surface area (Å²) < 4.78 is 47.0. The number of carbonyl (C=O) groups excluding carboxylic acids is 1. The van der Waals surface area contributed by atoms with Gasteiger partial charge >= 0.3 is 6.18 Å². The lowest BCUT2D eigenvalue weighted by Crippen LogP contribution is -2.44. The van der Waals surface area contributed by atoms with Crippen LogP contribution in [0.25, 0.3) is 0 Å². The number of hydrogen-bond donors (Lipinski definition) is 2. The molecule has 0 aliphatic heterocycles. The van der Waals surface area contributed by atoms with Crippen molar-refractivity contribution in [3.05, 3.63) is 29.8 Å². The first-order chi connectivity index (χ1) is 9.84. The van der Waals surface area contributed by atoms with Crippen molar-refractivity contribution in [2.45, 2.75) is 12.2 Å². The lowest BCUT2D eigenvalue weighted by molar-refractivity contribution is -0.137. The number of benzene rings is 1. The van der Waals surface area contributed by atoms with E-state index in [-0.39, 0.29) is 25.7 Å². The summed E-state index contributed by atoms with van der Waals surface area (Å²) in [5.74, 6) is -0.0914. The zero-order valence-corrected chi connectivity index (χ0v) is 11.4. The summed E-state index contributed by atoms with van der Waals surface area (Å²) in [6, 6.07) is 3.55. The topological polar surface area (TPSA) is 73.6 Å². The molecule has 3 N–H and O–H groups in total. The molecule has 5 nitrogen and oxygen atoms in total. The van der Waals surface area contributed by atoms with Gasteiger partial charge in [0.25, 0.3) is 0 Å². The molecule has 0 saturated carbocycles. The van der Waals surface area contributed by atoms with Crippen molar-refractivity contribution in [1.82, 2.24) is 5.32 Å². The highest BCUT2D eigenvalue weighted by atomic mass is 19.4. The Balaban J connectivity index is 2.32. The second kappa shape index (κ2) is 7.84. The maximum atomic E-state index is 12.3. The van der Waals surface area contributed by atoms with Crippen LogP contribution in [-0.2, 0) is 15.7 Å². The molecule has 1 amide bonds. The van der Waals surface area contributed by atoms with Crippen LogP contribution >= 0.6 is 0 Å². The molecule has 0 aliphatic rings. The van der Waals surface area contributed by atoms with Gasteiger partial charge in [-0.1, -0.05) is 0 Å². The third-order valence-corrected chi connectivity index (χ3v) is 2.53. The van der Waals surface area contributed by atoms with E-state index in [4.69, 9.17) is 15.2 Å². The smallest absolute Gasteiger partial charge is 0.416 e. The van der Waals surface area contributed by atoms with Gasteiger partial charge in [-0.25, -0.2) is 0 Å². The molecule has 8 heteroatoms. The van der Waals surface area contributed by atoms with Crippen molar-refractivity contribution in [2.24, 2.45) is 5.73 Å². The number of ether oxygens (including phenoxy) is 2. The van der Waals surface area contributed by atoms with Crippen LogP contribution in [0.4, 0.5) is 13.2 Å². The number of nitrogens with two attached hydrogens (primary N) is 1. The fraction of sp³-hybridized carbons (Fsp3) is 0.462. The second-order valence-corrected chi connectivity index (χ2v) is 4.22. The maximum absolute atomic E-state index is 12.3. The van der Waals surface area contributed by atoms with Gasteiger partial charge in [-0.3, -0.25) is 4.79 Å². The maximum Gasteiger partial charge on any atom is 0.416 e. The predicted octanol–water partition coefficient (Wildman–Crippen LogP) is 1.17. The first-order valence-corrected chi connectivity index (χ1v) is 6.17. The van der Waals surface area contributed by atoms with Crippen molar-refractivity contribution in [1.29, 1.82) is 0 Å². The first-order valence-electron chi connectivity index (χ1n) is 6.17. The predicted molar refractivity (Wildman–Crippen MR) is 69.8 cm³/mol. The molecule has 0 heterocycles. The zero-order chi connectivity index (χ0) is 15.9. The quantitative estimate of drug-likeness (QED) is 0.742. The molecular weight excluding hydrogens is 289 g/mol. The van der Waals surface area contributed by atoms with Gasteiger partial charge in [-0.15, -0.1) is 0 Å². The van der Waals surface area contributed by atoms with Gasteiger partial charge in [0.1, 0.15) is 18.4 Å². The van der Waals surface area contributed by atoms with E-state index in [0.717, 1.165) is 12.1 Å². The molecule has 0 aromatic heterocycles. The molecule has 1 atom stereocenters. The second-order valence-electron chi connectivity index (χ2n) is 4.22. The third-order valence-electron chi connectivity index (χ3n) is 2.53. The van der Waals surface area contributed by atoms with Crippen LogP contribution in [0.2, 0.25) is 0 Å². The number of alkyl halides is 3. The van der Waals surface area contributed by atoms with E-state index in [1.807, 2.05) is 0 Å². The molecule has 0 saturated heterocycles. The van der Waals surface area contributed by atoms with E-state index in [0.29, 0.717) is 5.75 Å². The molecule has 21 heavy (non-hydrogen) atoms. The summed E-state index contributed by atoms with van der Waals surface area (Å²) in [5.41, 5.74) is 4.75. The van der Waals surface area contributed by atoms with E-state index in [1.54, 1.807) is 0 Å². The molecule has 0 bridgehead atoms. The van der Waals surface area contributed by atoms with E-state index in [9.17, 15) is 18.0 Å². The van der Waals surface area contributed by atoms with Gasteiger partial charge in [0, 0.05) is 7.11 Å². The van der Waals surface area contributed by atoms with Crippen molar-refractivity contribution in [2.75, 3.05) is 26.9 Å². The molecule has 1 unspecified atom stereocenters. The fourth-order valence-electron chi connectivity index (χ4n) is 1.47. The summed E-state index contributed by atoms with van der Waals surface area (Å²) >= 11 is 0. The summed E-state index contributed by atoms with van der Waals surface area (Å²) in [5, 5.41) is 2.52. The van der Waals surface area contributed by atoms with Crippen molar-refractivity contribution in [3.8, 4) is 5.75 Å². The van der Waals surface area contributed by atoms with Gasteiger partial charge in [0.15, 0.2) is 0 Å². The molecular formula is C13H17F3N2O3. The fourth-order valence-corrected chi connectivity index (χ4v) is 1.47. The number of methoxy groups -OCH3 is 1. The summed E-state index contributed by atoms with van der Waals surface area (Å²) in [4.78, 5) is 11.4. The van der Waals surface area contributed by atoms with Crippen molar-refractivity contribution in [3.63, 3.8) is 0 Å². The highest BCUT2D eigenvalue weighted by Gasteiger charge is 2.29. The highest BCUT2D eigenvalue weighted by molar-refractivity contribution is 5.81. The Kier molecular flexibility index (Phi) is 6.44. The Labute approximate surface area is 120 Å². The number of carbonyl (C=O) groups is 1. The van der Waals surface area contributed by atoms with E-state index in [2.05, 4.69) is 5.32 Å². The van der Waals surface area contributed by atoms with Crippen LogP contribution in [0.3, 0.4) is 0 Å². The van der Waals surface area contributed by atoms with Crippen LogP contribution in [0.15, 0.2) is 24.3 Å². The zero-order valence-electron chi connectivity index (χ0n) is 11.4. The molecule has 118 valence electrons. The average molecular weight is 306 g/mol. The minimum atomic E-state index is -4.37. The molecule has 0 fully saturated rings. The van der Waals surface area contributed by atoms with Crippen LogP contribution < -0.4 is 15.8 Å². The Hall–Kier alpha value is -1.80. The lowest BCUT2D eigenvalue weighted by atomic mass is 10.2. The average Bonchev–Trinajstić information content (AvgIpc) is 2.43. The number of rotatable bonds is 7. The van der Waals surface area contributed by atoms with Gasteiger partial charge in [0.05, 0.1) is 18.7 Å². The molecule has 0 spiro atoms. The van der Waals surface area contributed by atoms with Crippen LogP contribution in [0, 0.1) is 0 Å². The molecule has 1 aromatic rings. The summed E-state index contributed by atoms with van der Waals surface area (Å²) in [6.07, 6.45) is -4.37. The Morgan fingerprint density at radius 2 is 1.95 bits per heavy atom. The Morgan fingerprint density at radius 1 is 1.33 bits per heavy atom. The van der Waals surface area contributed by atoms with E-state index >= 15 is 0 Å². The molecule has 1 aromatic carbocycles. The van der Waals surface area contributed by atoms with E-state index < -0.39 is 17.8 Å². The summed E-state index contributed by atoms with van der Waals surface area (Å²) in [6.45, 7) is 0.416. The largest absolute Gasteiger partial charge is 0.492 e. The van der Waals surface area contributed by atoms with Crippen LogP contribution in [-0.4, -0.2) is 38.8 Å².